The fraction of sp³-hybridized carbons (Fsp3) is 0.500. The molecule has 1 N–H and O–H groups in total. The Balaban J connectivity index is 2.14. The third-order valence-electron chi connectivity index (χ3n) is 3.19. The Kier molecular flexibility index (Phi) is 4.94. The fourth-order valence-corrected chi connectivity index (χ4v) is 3.30. The Morgan fingerprint density at radius 3 is 2.68 bits per heavy atom. The van der Waals surface area contributed by atoms with Crippen molar-refractivity contribution in [1.82, 2.24) is 5.32 Å². The van der Waals surface area contributed by atoms with Crippen molar-refractivity contribution in [3.8, 4) is 0 Å². The van der Waals surface area contributed by atoms with Crippen molar-refractivity contribution in [3.05, 3.63) is 35.6 Å². The second kappa shape index (κ2) is 6.49. The maximum atomic E-state index is 6.03. The van der Waals surface area contributed by atoms with Gasteiger partial charge in [-0.15, -0.1) is 0 Å². The number of hydrogen-bond acceptors (Lipinski definition) is 3. The van der Waals surface area contributed by atoms with Crippen LogP contribution in [-0.4, -0.2) is 18.6 Å². The van der Waals surface area contributed by atoms with Gasteiger partial charge in [0, 0.05) is 11.1 Å². The number of furan rings is 1. The highest BCUT2D eigenvalue weighted by Crippen LogP contribution is 2.28. The first-order valence-corrected chi connectivity index (χ1v) is 8.01. The summed E-state index contributed by atoms with van der Waals surface area (Å²) in [6.45, 7) is 6.61. The van der Waals surface area contributed by atoms with E-state index in [1.807, 2.05) is 18.8 Å². The van der Waals surface area contributed by atoms with E-state index in [9.17, 15) is 0 Å². The van der Waals surface area contributed by atoms with Gasteiger partial charge < -0.3 is 9.73 Å². The molecule has 104 valence electrons. The highest BCUT2D eigenvalue weighted by atomic mass is 32.2. The van der Waals surface area contributed by atoms with Crippen molar-refractivity contribution >= 4 is 22.7 Å². The van der Waals surface area contributed by atoms with Crippen LogP contribution in [0.25, 0.3) is 11.0 Å². The Morgan fingerprint density at radius 1 is 1.26 bits per heavy atom. The Labute approximate surface area is 119 Å². The van der Waals surface area contributed by atoms with Crippen LogP contribution in [0.5, 0.6) is 0 Å². The second-order valence-electron chi connectivity index (χ2n) is 5.41. The van der Waals surface area contributed by atoms with Crippen LogP contribution in [0.15, 0.2) is 28.7 Å². The van der Waals surface area contributed by atoms with Crippen molar-refractivity contribution in [2.24, 2.45) is 5.92 Å². The maximum Gasteiger partial charge on any atom is 0.137 e. The maximum absolute atomic E-state index is 6.03. The van der Waals surface area contributed by atoms with E-state index >= 15 is 0 Å². The molecule has 0 saturated heterocycles. The average molecular weight is 277 g/mol. The zero-order chi connectivity index (χ0) is 13.8. The van der Waals surface area contributed by atoms with Gasteiger partial charge in [-0.1, -0.05) is 32.0 Å². The topological polar surface area (TPSA) is 25.2 Å². The molecule has 0 aliphatic heterocycles. The standard InChI is InChI=1S/C16H23NOS/c1-11(2)9-19-10-14(17-4)15-8-13-7-5-6-12(3)16(13)18-15/h5-8,11,14,17H,9-10H2,1-4H3. The number of nitrogens with one attached hydrogen (secondary N) is 1. The summed E-state index contributed by atoms with van der Waals surface area (Å²) in [7, 11) is 2.00. The summed E-state index contributed by atoms with van der Waals surface area (Å²) >= 11 is 1.98. The molecule has 19 heavy (non-hydrogen) atoms. The normalized spacial score (nSPS) is 13.3. The average Bonchev–Trinajstić information content (AvgIpc) is 2.79. The van der Waals surface area contributed by atoms with Crippen molar-refractivity contribution in [2.45, 2.75) is 26.8 Å². The van der Waals surface area contributed by atoms with Gasteiger partial charge in [0.1, 0.15) is 11.3 Å². The number of thioether (sulfide) groups is 1. The van der Waals surface area contributed by atoms with Gasteiger partial charge in [-0.05, 0) is 37.3 Å². The predicted octanol–water partition coefficient (Wildman–Crippen LogP) is 4.39. The molecule has 1 aromatic heterocycles. The lowest BCUT2D eigenvalue weighted by atomic mass is 10.1. The second-order valence-corrected chi connectivity index (χ2v) is 6.49. The Bertz CT molecular complexity index is 533. The molecular formula is C16H23NOS. The summed E-state index contributed by atoms with van der Waals surface area (Å²) in [6, 6.07) is 8.75. The first-order valence-electron chi connectivity index (χ1n) is 6.86. The summed E-state index contributed by atoms with van der Waals surface area (Å²) in [6.07, 6.45) is 0. The summed E-state index contributed by atoms with van der Waals surface area (Å²) in [5, 5.41) is 4.56. The number of hydrogen-bond donors (Lipinski definition) is 1. The lowest BCUT2D eigenvalue weighted by Gasteiger charge is -2.13. The Hall–Kier alpha value is -0.930. The number of para-hydroxylation sites is 1. The van der Waals surface area contributed by atoms with E-state index in [2.05, 4.69) is 50.4 Å². The molecule has 1 atom stereocenters. The third-order valence-corrected chi connectivity index (χ3v) is 4.66. The van der Waals surface area contributed by atoms with Gasteiger partial charge in [-0.2, -0.15) is 11.8 Å². The molecule has 0 bridgehead atoms. The van der Waals surface area contributed by atoms with Crippen LogP contribution in [0, 0.1) is 12.8 Å². The smallest absolute Gasteiger partial charge is 0.137 e. The van der Waals surface area contributed by atoms with Gasteiger partial charge in [0.15, 0.2) is 0 Å². The van der Waals surface area contributed by atoms with Crippen LogP contribution in [0.2, 0.25) is 0 Å². The first-order chi connectivity index (χ1) is 9.11. The van der Waals surface area contributed by atoms with Gasteiger partial charge in [-0.3, -0.25) is 0 Å². The highest BCUT2D eigenvalue weighted by Gasteiger charge is 2.15. The minimum Gasteiger partial charge on any atom is -0.459 e. The van der Waals surface area contributed by atoms with Crippen molar-refractivity contribution in [3.63, 3.8) is 0 Å². The molecule has 0 fully saturated rings. The largest absolute Gasteiger partial charge is 0.459 e. The molecule has 1 unspecified atom stereocenters. The number of aryl methyl sites for hydroxylation is 1. The molecule has 0 aliphatic rings. The molecule has 0 radical (unpaired) electrons. The highest BCUT2D eigenvalue weighted by molar-refractivity contribution is 7.99. The molecule has 2 nitrogen and oxygen atoms in total. The molecule has 0 amide bonds. The monoisotopic (exact) mass is 277 g/mol. The summed E-state index contributed by atoms with van der Waals surface area (Å²) in [5.41, 5.74) is 2.22. The van der Waals surface area contributed by atoms with E-state index in [-0.39, 0.29) is 6.04 Å². The van der Waals surface area contributed by atoms with E-state index in [0.717, 1.165) is 23.0 Å². The Morgan fingerprint density at radius 2 is 2.05 bits per heavy atom. The molecule has 0 saturated carbocycles. The summed E-state index contributed by atoms with van der Waals surface area (Å²) in [4.78, 5) is 0. The quantitative estimate of drug-likeness (QED) is 0.847. The van der Waals surface area contributed by atoms with Crippen molar-refractivity contribution in [2.75, 3.05) is 18.6 Å². The SMILES string of the molecule is CNC(CSCC(C)C)c1cc2cccc(C)c2o1. The summed E-state index contributed by atoms with van der Waals surface area (Å²) < 4.78 is 6.03. The van der Waals surface area contributed by atoms with E-state index in [1.165, 1.54) is 16.7 Å². The first kappa shape index (κ1) is 14.5. The van der Waals surface area contributed by atoms with E-state index in [4.69, 9.17) is 4.42 Å². The van der Waals surface area contributed by atoms with Crippen LogP contribution in [0.1, 0.15) is 31.2 Å². The van der Waals surface area contributed by atoms with Gasteiger partial charge >= 0.3 is 0 Å². The predicted molar refractivity (Wildman–Crippen MR) is 84.9 cm³/mol. The molecule has 2 aromatic rings. The third kappa shape index (κ3) is 3.54. The summed E-state index contributed by atoms with van der Waals surface area (Å²) in [5.74, 6) is 4.02. The van der Waals surface area contributed by atoms with Crippen LogP contribution in [-0.2, 0) is 0 Å². The van der Waals surface area contributed by atoms with Crippen molar-refractivity contribution in [1.29, 1.82) is 0 Å². The molecule has 3 heteroatoms. The molecule has 1 heterocycles. The lowest BCUT2D eigenvalue weighted by Crippen LogP contribution is -2.18. The van der Waals surface area contributed by atoms with E-state index in [1.54, 1.807) is 0 Å². The van der Waals surface area contributed by atoms with Crippen LogP contribution in [0.3, 0.4) is 0 Å². The minimum absolute atomic E-state index is 0.288. The molecule has 2 rings (SSSR count). The van der Waals surface area contributed by atoms with E-state index < -0.39 is 0 Å². The number of fused-ring (bicyclic) bond motifs is 1. The van der Waals surface area contributed by atoms with Gasteiger partial charge in [0.05, 0.1) is 6.04 Å². The molecule has 1 aromatic carbocycles. The molecule has 0 aliphatic carbocycles. The van der Waals surface area contributed by atoms with Gasteiger partial charge in [0.2, 0.25) is 0 Å². The zero-order valence-corrected chi connectivity index (χ0v) is 13.0. The van der Waals surface area contributed by atoms with Crippen LogP contribution >= 0.6 is 11.8 Å². The van der Waals surface area contributed by atoms with Crippen LogP contribution in [0.4, 0.5) is 0 Å². The van der Waals surface area contributed by atoms with Crippen LogP contribution < -0.4 is 5.32 Å². The minimum atomic E-state index is 0.288. The van der Waals surface area contributed by atoms with Gasteiger partial charge in [-0.25, -0.2) is 0 Å². The zero-order valence-electron chi connectivity index (χ0n) is 12.2. The molecular weight excluding hydrogens is 254 g/mol. The van der Waals surface area contributed by atoms with Gasteiger partial charge in [0.25, 0.3) is 0 Å². The fourth-order valence-electron chi connectivity index (χ4n) is 2.13. The lowest BCUT2D eigenvalue weighted by molar-refractivity contribution is 0.478. The van der Waals surface area contributed by atoms with E-state index in [0.29, 0.717) is 0 Å². The van der Waals surface area contributed by atoms with Crippen molar-refractivity contribution < 1.29 is 4.42 Å². The number of benzene rings is 1. The number of rotatable bonds is 6. The molecule has 0 spiro atoms.